The molecule has 0 radical (unpaired) electrons. The molecule has 0 fully saturated rings. The monoisotopic (exact) mass is 465 g/mol. The fourth-order valence-electron chi connectivity index (χ4n) is 3.86. The number of carbonyl (C=O) groups is 2. The highest BCUT2D eigenvalue weighted by molar-refractivity contribution is 6.05. The summed E-state index contributed by atoms with van der Waals surface area (Å²) < 4.78 is 30.6. The number of hydrazone groups is 1. The Balaban J connectivity index is 1.66. The Kier molecular flexibility index (Phi) is 6.62. The van der Waals surface area contributed by atoms with Crippen LogP contribution in [0.4, 0.5) is 4.39 Å². The maximum Gasteiger partial charge on any atom is 0.289 e. The Bertz CT molecular complexity index is 1230. The number of nitrogens with zero attached hydrogens (tertiary/aromatic N) is 3. The molecule has 2 aromatic carbocycles. The molecule has 0 unspecified atom stereocenters. The zero-order valence-corrected chi connectivity index (χ0v) is 19.0. The van der Waals surface area contributed by atoms with E-state index >= 15 is 0 Å². The number of benzene rings is 2. The van der Waals surface area contributed by atoms with Crippen molar-refractivity contribution in [1.29, 1.82) is 0 Å². The second kappa shape index (κ2) is 9.78. The van der Waals surface area contributed by atoms with Crippen LogP contribution in [-0.2, 0) is 4.79 Å². The van der Waals surface area contributed by atoms with E-state index in [0.717, 1.165) is 0 Å². The molecule has 3 aromatic rings. The minimum atomic E-state index is -0.678. The van der Waals surface area contributed by atoms with Crippen molar-refractivity contribution in [3.8, 4) is 11.5 Å². The predicted octanol–water partition coefficient (Wildman–Crippen LogP) is 3.89. The normalized spacial score (nSPS) is 15.1. The van der Waals surface area contributed by atoms with Gasteiger partial charge in [-0.1, -0.05) is 18.2 Å². The van der Waals surface area contributed by atoms with Crippen molar-refractivity contribution in [2.24, 2.45) is 5.10 Å². The lowest BCUT2D eigenvalue weighted by Gasteiger charge is -2.24. The van der Waals surface area contributed by atoms with Crippen LogP contribution in [0.25, 0.3) is 0 Å². The molecule has 34 heavy (non-hydrogen) atoms. The first-order valence-electron chi connectivity index (χ1n) is 10.6. The van der Waals surface area contributed by atoms with Crippen LogP contribution in [-0.4, -0.2) is 55.2 Å². The summed E-state index contributed by atoms with van der Waals surface area (Å²) in [4.78, 5) is 27.0. The molecular weight excluding hydrogens is 441 g/mol. The molecule has 0 saturated heterocycles. The van der Waals surface area contributed by atoms with Gasteiger partial charge in [-0.15, -0.1) is 0 Å². The van der Waals surface area contributed by atoms with Gasteiger partial charge < -0.3 is 18.8 Å². The van der Waals surface area contributed by atoms with Crippen LogP contribution in [0.1, 0.15) is 34.1 Å². The summed E-state index contributed by atoms with van der Waals surface area (Å²) in [6, 6.07) is 14.0. The lowest BCUT2D eigenvalue weighted by atomic mass is 9.97. The second-order valence-electron chi connectivity index (χ2n) is 7.73. The van der Waals surface area contributed by atoms with Gasteiger partial charge in [0.1, 0.15) is 23.9 Å². The van der Waals surface area contributed by atoms with Crippen LogP contribution in [0.2, 0.25) is 0 Å². The number of hydrogen-bond donors (Lipinski definition) is 0. The maximum absolute atomic E-state index is 14.7. The van der Waals surface area contributed by atoms with Crippen molar-refractivity contribution in [2.45, 2.75) is 12.5 Å². The van der Waals surface area contributed by atoms with Gasteiger partial charge >= 0.3 is 0 Å². The third-order valence-corrected chi connectivity index (χ3v) is 5.60. The average Bonchev–Trinajstić information content (AvgIpc) is 3.54. The number of carbonyl (C=O) groups excluding carboxylic acids is 2. The molecule has 0 aliphatic carbocycles. The van der Waals surface area contributed by atoms with Crippen LogP contribution < -0.4 is 9.47 Å². The van der Waals surface area contributed by atoms with Crippen molar-refractivity contribution in [3.63, 3.8) is 0 Å². The summed E-state index contributed by atoms with van der Waals surface area (Å²) in [5.41, 5.74) is 1.56. The third-order valence-electron chi connectivity index (χ3n) is 5.60. The summed E-state index contributed by atoms with van der Waals surface area (Å²) >= 11 is 0. The molecule has 9 heteroatoms. The number of hydrogen-bond acceptors (Lipinski definition) is 6. The number of amides is 2. The van der Waals surface area contributed by atoms with Gasteiger partial charge in [-0.05, 0) is 30.3 Å². The van der Waals surface area contributed by atoms with Crippen LogP contribution >= 0.6 is 0 Å². The number of ether oxygens (including phenoxy) is 2. The summed E-state index contributed by atoms with van der Waals surface area (Å²) in [7, 11) is 4.57. The molecular formula is C25H24FN3O5. The van der Waals surface area contributed by atoms with E-state index in [1.165, 1.54) is 42.5 Å². The van der Waals surface area contributed by atoms with E-state index in [9.17, 15) is 14.0 Å². The molecule has 4 rings (SSSR count). The maximum atomic E-state index is 14.7. The minimum absolute atomic E-state index is 0.120. The van der Waals surface area contributed by atoms with E-state index < -0.39 is 23.7 Å². The molecule has 176 valence electrons. The van der Waals surface area contributed by atoms with E-state index in [-0.39, 0.29) is 18.7 Å². The van der Waals surface area contributed by atoms with Crippen LogP contribution in [0.15, 0.2) is 70.4 Å². The van der Waals surface area contributed by atoms with Gasteiger partial charge in [0.15, 0.2) is 5.76 Å². The fraction of sp³-hybridized carbons (Fsp3) is 0.240. The summed E-state index contributed by atoms with van der Waals surface area (Å²) in [6.07, 6.45) is 1.65. The second-order valence-corrected chi connectivity index (χ2v) is 7.73. The van der Waals surface area contributed by atoms with Crippen molar-refractivity contribution in [3.05, 3.63) is 83.6 Å². The number of methoxy groups -OCH3 is 2. The first kappa shape index (κ1) is 23.0. The highest BCUT2D eigenvalue weighted by atomic mass is 19.1. The Morgan fingerprint density at radius 2 is 1.94 bits per heavy atom. The predicted molar refractivity (Wildman–Crippen MR) is 122 cm³/mol. The summed E-state index contributed by atoms with van der Waals surface area (Å²) in [5.74, 6) is -0.0993. The Morgan fingerprint density at radius 3 is 2.62 bits per heavy atom. The van der Waals surface area contributed by atoms with Crippen molar-refractivity contribution in [2.75, 3.05) is 27.8 Å². The van der Waals surface area contributed by atoms with Crippen LogP contribution in [0.5, 0.6) is 11.5 Å². The SMILES string of the molecule is COc1ccc(C2=NN(C(=O)CN(C)C(=O)c3ccco3)[C@H](c3ccccc3F)C2)c(OC)c1. The molecule has 0 bridgehead atoms. The largest absolute Gasteiger partial charge is 0.497 e. The van der Waals surface area contributed by atoms with E-state index in [4.69, 9.17) is 13.9 Å². The lowest BCUT2D eigenvalue weighted by molar-refractivity contribution is -0.133. The van der Waals surface area contributed by atoms with Crippen LogP contribution in [0, 0.1) is 5.82 Å². The summed E-state index contributed by atoms with van der Waals surface area (Å²) in [6.45, 7) is -0.263. The summed E-state index contributed by atoms with van der Waals surface area (Å²) in [5, 5.41) is 5.79. The Labute approximate surface area is 196 Å². The molecule has 2 amide bonds. The zero-order valence-electron chi connectivity index (χ0n) is 19.0. The number of rotatable bonds is 7. The van der Waals surface area contributed by atoms with Gasteiger partial charge in [0.25, 0.3) is 11.8 Å². The smallest absolute Gasteiger partial charge is 0.289 e. The molecule has 1 aliphatic rings. The molecule has 2 heterocycles. The first-order chi connectivity index (χ1) is 16.4. The van der Waals surface area contributed by atoms with Gasteiger partial charge in [-0.25, -0.2) is 9.40 Å². The minimum Gasteiger partial charge on any atom is -0.497 e. The van der Waals surface area contributed by atoms with Crippen LogP contribution in [0.3, 0.4) is 0 Å². The highest BCUT2D eigenvalue weighted by Crippen LogP contribution is 2.37. The standard InChI is InChI=1S/C25H24FN3O5/c1-28(25(31)22-9-6-12-34-22)15-24(30)29-21(17-7-4-5-8-19(17)26)14-20(27-29)18-11-10-16(32-2)13-23(18)33-3/h4-13,21H,14-15H2,1-3H3/t21-/m0/s1. The molecule has 0 saturated carbocycles. The van der Waals surface area contributed by atoms with Gasteiger partial charge in [0.2, 0.25) is 0 Å². The van der Waals surface area contributed by atoms with E-state index in [1.54, 1.807) is 49.6 Å². The molecule has 1 aliphatic heterocycles. The van der Waals surface area contributed by atoms with E-state index in [0.29, 0.717) is 28.3 Å². The quantitative estimate of drug-likeness (QED) is 0.529. The Hall–Kier alpha value is -4.14. The van der Waals surface area contributed by atoms with Gasteiger partial charge in [0.05, 0.1) is 32.2 Å². The zero-order chi connectivity index (χ0) is 24.2. The molecule has 0 N–H and O–H groups in total. The number of halogens is 1. The van der Waals surface area contributed by atoms with E-state index in [2.05, 4.69) is 5.10 Å². The fourth-order valence-corrected chi connectivity index (χ4v) is 3.86. The highest BCUT2D eigenvalue weighted by Gasteiger charge is 2.36. The van der Waals surface area contributed by atoms with Gasteiger partial charge in [-0.3, -0.25) is 9.59 Å². The molecule has 1 aromatic heterocycles. The number of furan rings is 1. The van der Waals surface area contributed by atoms with Gasteiger partial charge in [0, 0.05) is 30.7 Å². The lowest BCUT2D eigenvalue weighted by Crippen LogP contribution is -2.39. The van der Waals surface area contributed by atoms with Crippen molar-refractivity contribution < 1.29 is 27.9 Å². The van der Waals surface area contributed by atoms with Crippen molar-refractivity contribution >= 4 is 17.5 Å². The average molecular weight is 465 g/mol. The molecule has 8 nitrogen and oxygen atoms in total. The third kappa shape index (κ3) is 4.50. The number of likely N-dealkylation sites (N-methyl/N-ethyl adjacent to an activating group) is 1. The molecule has 0 spiro atoms. The van der Waals surface area contributed by atoms with Gasteiger partial charge in [-0.2, -0.15) is 5.10 Å². The van der Waals surface area contributed by atoms with Crippen molar-refractivity contribution in [1.82, 2.24) is 9.91 Å². The Morgan fingerprint density at radius 1 is 1.15 bits per heavy atom. The molecule has 1 atom stereocenters. The first-order valence-corrected chi connectivity index (χ1v) is 10.6. The topological polar surface area (TPSA) is 84.6 Å². The van der Waals surface area contributed by atoms with E-state index in [1.807, 2.05) is 0 Å².